The summed E-state index contributed by atoms with van der Waals surface area (Å²) in [6.45, 7) is 3.39. The number of urea groups is 1. The molecule has 2 fully saturated rings. The highest BCUT2D eigenvalue weighted by atomic mass is 16.2. The average Bonchev–Trinajstić information content (AvgIpc) is 3.34. The van der Waals surface area contributed by atoms with Gasteiger partial charge in [0.1, 0.15) is 5.82 Å². The minimum atomic E-state index is 0.0760. The zero-order valence-corrected chi connectivity index (χ0v) is 17.6. The minimum Gasteiger partial charge on any atom is -0.356 e. The predicted octanol–water partition coefficient (Wildman–Crippen LogP) is 4.14. The summed E-state index contributed by atoms with van der Waals surface area (Å²) in [4.78, 5) is 27.2. The number of aromatic nitrogens is 2. The summed E-state index contributed by atoms with van der Waals surface area (Å²) in [7, 11) is 0. The molecule has 1 aromatic carbocycles. The lowest BCUT2D eigenvalue weighted by Gasteiger charge is -2.33. The molecule has 1 aromatic heterocycles. The first-order chi connectivity index (χ1) is 14.8. The number of rotatable bonds is 3. The fourth-order valence-corrected chi connectivity index (χ4v) is 4.99. The van der Waals surface area contributed by atoms with Gasteiger partial charge in [-0.2, -0.15) is 0 Å². The number of anilines is 1. The summed E-state index contributed by atoms with van der Waals surface area (Å²) in [6, 6.07) is 10.6. The fourth-order valence-electron chi connectivity index (χ4n) is 4.99. The monoisotopic (exact) mass is 405 g/mol. The van der Waals surface area contributed by atoms with Crippen LogP contribution in [0.4, 0.5) is 10.6 Å². The molecule has 3 heterocycles. The van der Waals surface area contributed by atoms with Crippen molar-refractivity contribution in [2.75, 3.05) is 24.5 Å². The van der Waals surface area contributed by atoms with Gasteiger partial charge < -0.3 is 15.1 Å². The van der Waals surface area contributed by atoms with Gasteiger partial charge in [-0.15, -0.1) is 0 Å². The van der Waals surface area contributed by atoms with Crippen LogP contribution in [0.15, 0.2) is 30.3 Å². The second kappa shape index (κ2) is 8.62. The van der Waals surface area contributed by atoms with Crippen molar-refractivity contribution in [1.82, 2.24) is 20.2 Å². The van der Waals surface area contributed by atoms with Gasteiger partial charge in [0.05, 0.1) is 12.2 Å². The molecule has 2 amide bonds. The van der Waals surface area contributed by atoms with E-state index < -0.39 is 0 Å². The van der Waals surface area contributed by atoms with Crippen LogP contribution in [0.3, 0.4) is 0 Å². The van der Waals surface area contributed by atoms with Crippen LogP contribution in [-0.4, -0.2) is 46.6 Å². The lowest BCUT2D eigenvalue weighted by atomic mass is 9.95. The highest BCUT2D eigenvalue weighted by molar-refractivity contribution is 5.75. The Kier molecular flexibility index (Phi) is 5.56. The minimum absolute atomic E-state index is 0.0760. The summed E-state index contributed by atoms with van der Waals surface area (Å²) in [6.07, 6.45) is 9.15. The van der Waals surface area contributed by atoms with Gasteiger partial charge in [-0.25, -0.2) is 14.8 Å². The maximum atomic E-state index is 13.0. The number of amides is 2. The summed E-state index contributed by atoms with van der Waals surface area (Å²) < 4.78 is 0. The summed E-state index contributed by atoms with van der Waals surface area (Å²) in [5, 5.41) is 3.28. The normalized spacial score (nSPS) is 19.6. The molecular formula is C24H31N5O. The van der Waals surface area contributed by atoms with Crippen LogP contribution in [0, 0.1) is 0 Å². The third kappa shape index (κ3) is 4.00. The molecule has 0 spiro atoms. The largest absolute Gasteiger partial charge is 0.356 e. The Balaban J connectivity index is 1.41. The molecule has 6 heteroatoms. The van der Waals surface area contributed by atoms with Gasteiger partial charge >= 0.3 is 6.03 Å². The molecule has 5 rings (SSSR count). The van der Waals surface area contributed by atoms with Gasteiger partial charge in [0, 0.05) is 43.2 Å². The van der Waals surface area contributed by atoms with Gasteiger partial charge in [0.2, 0.25) is 0 Å². The highest BCUT2D eigenvalue weighted by Gasteiger charge is 2.29. The van der Waals surface area contributed by atoms with Crippen molar-refractivity contribution in [1.29, 1.82) is 0 Å². The number of hydrogen-bond donors (Lipinski definition) is 1. The molecule has 0 bridgehead atoms. The first kappa shape index (κ1) is 19.3. The zero-order valence-electron chi connectivity index (χ0n) is 17.6. The predicted molar refractivity (Wildman–Crippen MR) is 118 cm³/mol. The fraction of sp³-hybridized carbons (Fsp3) is 0.542. The maximum absolute atomic E-state index is 13.0. The Morgan fingerprint density at radius 3 is 2.47 bits per heavy atom. The summed E-state index contributed by atoms with van der Waals surface area (Å²) in [5.41, 5.74) is 3.30. The van der Waals surface area contributed by atoms with Crippen LogP contribution in [0.2, 0.25) is 0 Å². The highest BCUT2D eigenvalue weighted by Crippen LogP contribution is 2.31. The van der Waals surface area contributed by atoms with Crippen LogP contribution < -0.4 is 10.2 Å². The van der Waals surface area contributed by atoms with Crippen molar-refractivity contribution in [3.63, 3.8) is 0 Å². The first-order valence-corrected chi connectivity index (χ1v) is 11.5. The lowest BCUT2D eigenvalue weighted by molar-refractivity contribution is 0.184. The van der Waals surface area contributed by atoms with E-state index in [0.29, 0.717) is 12.6 Å². The Labute approximate surface area is 178 Å². The number of benzene rings is 1. The maximum Gasteiger partial charge on any atom is 0.317 e. The molecule has 1 aliphatic carbocycles. The van der Waals surface area contributed by atoms with E-state index in [-0.39, 0.29) is 6.03 Å². The van der Waals surface area contributed by atoms with Crippen molar-refractivity contribution in [2.45, 2.75) is 64.0 Å². The molecule has 30 heavy (non-hydrogen) atoms. The molecule has 2 aliphatic heterocycles. The van der Waals surface area contributed by atoms with Crippen molar-refractivity contribution in [2.24, 2.45) is 0 Å². The van der Waals surface area contributed by atoms with Gasteiger partial charge in [0.25, 0.3) is 0 Å². The number of hydrogen-bond acceptors (Lipinski definition) is 4. The van der Waals surface area contributed by atoms with Gasteiger partial charge in [-0.1, -0.05) is 49.6 Å². The van der Waals surface area contributed by atoms with E-state index in [0.717, 1.165) is 67.4 Å². The third-order valence-corrected chi connectivity index (χ3v) is 6.70. The van der Waals surface area contributed by atoms with E-state index in [9.17, 15) is 4.79 Å². The number of fused-ring (bicyclic) bond motifs is 1. The SMILES string of the molecule is O=C(NC1CCCCC1)N1CCc2nc(-c3ccccc3)nc(N3CCCC3)c2C1. The van der Waals surface area contributed by atoms with E-state index in [1.807, 2.05) is 23.1 Å². The summed E-state index contributed by atoms with van der Waals surface area (Å²) >= 11 is 0. The van der Waals surface area contributed by atoms with Crippen molar-refractivity contribution in [3.8, 4) is 11.4 Å². The van der Waals surface area contributed by atoms with E-state index in [1.165, 1.54) is 32.1 Å². The number of nitrogens with zero attached hydrogens (tertiary/aromatic N) is 4. The van der Waals surface area contributed by atoms with E-state index >= 15 is 0 Å². The van der Waals surface area contributed by atoms with E-state index in [2.05, 4.69) is 22.3 Å². The first-order valence-electron chi connectivity index (χ1n) is 11.5. The topological polar surface area (TPSA) is 61.4 Å². The standard InChI is InChI=1S/C24H31N5O/c30-24(25-19-11-5-2-6-12-19)29-16-13-21-20(17-29)23(28-14-7-8-15-28)27-22(26-21)18-9-3-1-4-10-18/h1,3-4,9-10,19H,2,5-8,11-17H2,(H,25,30). The second-order valence-corrected chi connectivity index (χ2v) is 8.81. The molecule has 1 N–H and O–H groups in total. The van der Waals surface area contributed by atoms with Crippen LogP contribution >= 0.6 is 0 Å². The van der Waals surface area contributed by atoms with Gasteiger partial charge in [-0.05, 0) is 25.7 Å². The molecule has 0 atom stereocenters. The zero-order chi connectivity index (χ0) is 20.3. The molecule has 1 saturated heterocycles. The van der Waals surface area contributed by atoms with Crippen molar-refractivity contribution >= 4 is 11.8 Å². The van der Waals surface area contributed by atoms with Crippen LogP contribution in [0.1, 0.15) is 56.2 Å². The lowest BCUT2D eigenvalue weighted by Crippen LogP contribution is -2.47. The van der Waals surface area contributed by atoms with Crippen LogP contribution in [0.25, 0.3) is 11.4 Å². The Hall–Kier alpha value is -2.63. The molecular weight excluding hydrogens is 374 g/mol. The van der Waals surface area contributed by atoms with Gasteiger partial charge in [-0.3, -0.25) is 0 Å². The number of nitrogens with one attached hydrogen (secondary N) is 1. The van der Waals surface area contributed by atoms with E-state index in [4.69, 9.17) is 9.97 Å². The quantitative estimate of drug-likeness (QED) is 0.834. The van der Waals surface area contributed by atoms with Crippen molar-refractivity contribution in [3.05, 3.63) is 41.6 Å². The number of carbonyl (C=O) groups is 1. The van der Waals surface area contributed by atoms with E-state index in [1.54, 1.807) is 0 Å². The molecule has 0 unspecified atom stereocenters. The van der Waals surface area contributed by atoms with Crippen LogP contribution in [-0.2, 0) is 13.0 Å². The van der Waals surface area contributed by atoms with Gasteiger partial charge in [0.15, 0.2) is 5.82 Å². The third-order valence-electron chi connectivity index (χ3n) is 6.70. The molecule has 6 nitrogen and oxygen atoms in total. The average molecular weight is 406 g/mol. The molecule has 3 aliphatic rings. The second-order valence-electron chi connectivity index (χ2n) is 8.81. The smallest absolute Gasteiger partial charge is 0.317 e. The molecule has 158 valence electrons. The molecule has 1 saturated carbocycles. The Morgan fingerprint density at radius 1 is 0.933 bits per heavy atom. The summed E-state index contributed by atoms with van der Waals surface area (Å²) in [5.74, 6) is 1.84. The molecule has 2 aromatic rings. The Morgan fingerprint density at radius 2 is 1.70 bits per heavy atom. The van der Waals surface area contributed by atoms with Crippen molar-refractivity contribution < 1.29 is 4.79 Å². The Bertz CT molecular complexity index is 888. The number of carbonyl (C=O) groups excluding carboxylic acids is 1. The molecule has 0 radical (unpaired) electrons. The van der Waals surface area contributed by atoms with Crippen LogP contribution in [0.5, 0.6) is 0 Å².